The van der Waals surface area contributed by atoms with Crippen LogP contribution in [0.4, 0.5) is 4.39 Å². The third kappa shape index (κ3) is 3.40. The highest BCUT2D eigenvalue weighted by Crippen LogP contribution is 2.54. The number of halogens is 1. The number of hydrogen-bond donors (Lipinski definition) is 1. The van der Waals surface area contributed by atoms with Crippen LogP contribution >= 0.6 is 11.8 Å². The normalized spacial score (nSPS) is 24.4. The topological polar surface area (TPSA) is 111 Å². The fourth-order valence-corrected chi connectivity index (χ4v) is 5.20. The number of nitriles is 1. The molecule has 0 aromatic heterocycles. The Morgan fingerprint density at radius 3 is 2.75 bits per heavy atom. The summed E-state index contributed by atoms with van der Waals surface area (Å²) in [5.74, 6) is -2.94. The van der Waals surface area contributed by atoms with Gasteiger partial charge < -0.3 is 15.0 Å². The van der Waals surface area contributed by atoms with Crippen molar-refractivity contribution in [1.82, 2.24) is 4.90 Å². The maximum absolute atomic E-state index is 13.3. The first kappa shape index (κ1) is 20.0. The molecule has 3 atom stereocenters. The monoisotopic (exact) mass is 403 g/mol. The van der Waals surface area contributed by atoms with Crippen molar-refractivity contribution in [2.24, 2.45) is 5.92 Å². The first-order valence-electron chi connectivity index (χ1n) is 8.66. The van der Waals surface area contributed by atoms with E-state index in [-0.39, 0.29) is 23.9 Å². The number of thioether (sulfide) groups is 1. The van der Waals surface area contributed by atoms with Crippen molar-refractivity contribution in [2.75, 3.05) is 12.4 Å². The van der Waals surface area contributed by atoms with Crippen molar-refractivity contribution in [2.45, 2.75) is 30.7 Å². The third-order valence-electron chi connectivity index (χ3n) is 4.94. The van der Waals surface area contributed by atoms with Gasteiger partial charge in [0.1, 0.15) is 22.6 Å². The lowest BCUT2D eigenvalue weighted by Gasteiger charge is -2.33. The van der Waals surface area contributed by atoms with E-state index in [1.807, 2.05) is 0 Å². The Bertz CT molecular complexity index is 882. The second-order valence-corrected chi connectivity index (χ2v) is 8.00. The molecule has 2 fully saturated rings. The molecular formula is C19H18FN3O4S. The minimum atomic E-state index is -1.25. The minimum Gasteiger partial charge on any atom is -0.456 e. The van der Waals surface area contributed by atoms with Crippen LogP contribution in [0.2, 0.25) is 0 Å². The Morgan fingerprint density at radius 1 is 1.46 bits per heavy atom. The number of nitrogens with zero attached hydrogens (tertiary/aromatic N) is 2. The highest BCUT2D eigenvalue weighted by Gasteiger charge is 2.57. The number of benzene rings is 1. The summed E-state index contributed by atoms with van der Waals surface area (Å²) in [4.78, 5) is 37.8. The van der Waals surface area contributed by atoms with Crippen LogP contribution in [0.3, 0.4) is 0 Å². The Hall–Kier alpha value is -2.73. The van der Waals surface area contributed by atoms with Crippen molar-refractivity contribution < 1.29 is 23.5 Å². The van der Waals surface area contributed by atoms with Gasteiger partial charge in [-0.3, -0.25) is 9.59 Å². The molecule has 1 aromatic rings. The van der Waals surface area contributed by atoms with Gasteiger partial charge in [0.25, 0.3) is 0 Å². The molecule has 1 aromatic carbocycles. The maximum atomic E-state index is 13.3. The molecule has 2 heterocycles. The van der Waals surface area contributed by atoms with E-state index in [0.29, 0.717) is 12.2 Å². The molecular weight excluding hydrogens is 385 g/mol. The van der Waals surface area contributed by atoms with Gasteiger partial charge in [0.05, 0.1) is 6.07 Å². The largest absolute Gasteiger partial charge is 0.456 e. The number of esters is 1. The second-order valence-electron chi connectivity index (χ2n) is 6.70. The molecule has 2 aliphatic heterocycles. The van der Waals surface area contributed by atoms with Gasteiger partial charge in [-0.05, 0) is 31.0 Å². The Kier molecular flexibility index (Phi) is 5.52. The van der Waals surface area contributed by atoms with Crippen molar-refractivity contribution >= 4 is 35.1 Å². The quantitative estimate of drug-likeness (QED) is 0.574. The van der Waals surface area contributed by atoms with E-state index < -0.39 is 35.2 Å². The molecule has 146 valence electrons. The van der Waals surface area contributed by atoms with Gasteiger partial charge in [-0.15, -0.1) is 11.8 Å². The van der Waals surface area contributed by atoms with Crippen LogP contribution in [0.5, 0.6) is 0 Å². The van der Waals surface area contributed by atoms with Crippen LogP contribution in [0.15, 0.2) is 24.3 Å². The Morgan fingerprint density at radius 2 is 2.14 bits per heavy atom. The number of fused-ring (bicyclic) bond motifs is 1. The van der Waals surface area contributed by atoms with Crippen molar-refractivity contribution in [3.05, 3.63) is 35.6 Å². The summed E-state index contributed by atoms with van der Waals surface area (Å²) >= 11 is 1.42. The number of carbonyl (C=O) groups is 3. The predicted molar refractivity (Wildman–Crippen MR) is 98.9 cm³/mol. The summed E-state index contributed by atoms with van der Waals surface area (Å²) in [6.45, 7) is 0.710. The zero-order valence-corrected chi connectivity index (χ0v) is 15.9. The second kappa shape index (κ2) is 7.72. The first-order valence-corrected chi connectivity index (χ1v) is 9.65. The van der Waals surface area contributed by atoms with E-state index in [1.165, 1.54) is 35.7 Å². The highest BCUT2D eigenvalue weighted by molar-refractivity contribution is 8.00. The lowest BCUT2D eigenvalue weighted by Crippen LogP contribution is -2.47. The molecule has 0 saturated carbocycles. The molecule has 1 amide bonds. The number of Topliss-reactive ketones (excluding diaryl/α,β-unsaturated/α-hetero) is 1. The third-order valence-corrected chi connectivity index (χ3v) is 6.53. The SMILES string of the molecule is CC(=N)C(C#N)C(=O)COC(=O)[C@@H]1CS[C@]2(c3ccc(F)cc3)CCC(=O)N12. The van der Waals surface area contributed by atoms with Crippen LogP contribution in [0.1, 0.15) is 25.3 Å². The molecule has 1 unspecified atom stereocenters. The molecule has 3 rings (SSSR count). The van der Waals surface area contributed by atoms with Crippen LogP contribution in [-0.4, -0.2) is 46.7 Å². The number of hydrogen-bond acceptors (Lipinski definition) is 7. The van der Waals surface area contributed by atoms with E-state index in [2.05, 4.69) is 0 Å². The smallest absolute Gasteiger partial charge is 0.330 e. The average Bonchev–Trinajstić information content (AvgIpc) is 3.20. The molecule has 0 aliphatic carbocycles. The number of ether oxygens (including phenoxy) is 1. The molecule has 1 N–H and O–H groups in total. The predicted octanol–water partition coefficient (Wildman–Crippen LogP) is 2.01. The Labute approximate surface area is 165 Å². The van der Waals surface area contributed by atoms with Crippen LogP contribution in [0, 0.1) is 28.5 Å². The summed E-state index contributed by atoms with van der Waals surface area (Å²) in [6.07, 6.45) is 0.755. The number of nitrogens with one attached hydrogen (secondary N) is 1. The average molecular weight is 403 g/mol. The zero-order chi connectivity index (χ0) is 20.5. The van der Waals surface area contributed by atoms with Gasteiger partial charge in [0, 0.05) is 17.9 Å². The number of carbonyl (C=O) groups excluding carboxylic acids is 3. The van der Waals surface area contributed by atoms with E-state index in [4.69, 9.17) is 15.4 Å². The van der Waals surface area contributed by atoms with Crippen molar-refractivity contribution in [3.63, 3.8) is 0 Å². The van der Waals surface area contributed by atoms with Gasteiger partial charge in [-0.2, -0.15) is 5.26 Å². The summed E-state index contributed by atoms with van der Waals surface area (Å²) in [6, 6.07) is 6.69. The molecule has 0 spiro atoms. The summed E-state index contributed by atoms with van der Waals surface area (Å²) in [5.41, 5.74) is 0.616. The van der Waals surface area contributed by atoms with Gasteiger partial charge in [0.2, 0.25) is 5.91 Å². The number of ketones is 1. The molecule has 7 nitrogen and oxygen atoms in total. The van der Waals surface area contributed by atoms with E-state index in [1.54, 1.807) is 18.2 Å². The fourth-order valence-electron chi connectivity index (χ4n) is 3.56. The minimum absolute atomic E-state index is 0.120. The first-order chi connectivity index (χ1) is 13.3. The standard InChI is InChI=1S/C19H18FN3O4S/c1-11(22)14(8-21)16(24)9-27-18(26)15-10-28-19(7-6-17(25)23(15)19)12-2-4-13(20)5-3-12/h2-5,14-15,22H,6-7,9-10H2,1H3/t14?,15-,19-/m0/s1. The lowest BCUT2D eigenvalue weighted by atomic mass is 10.0. The molecule has 0 radical (unpaired) electrons. The number of amides is 1. The van der Waals surface area contributed by atoms with Gasteiger partial charge in [-0.25, -0.2) is 9.18 Å². The summed E-state index contributed by atoms with van der Waals surface area (Å²) in [5, 5.41) is 16.4. The van der Waals surface area contributed by atoms with Gasteiger partial charge in [0.15, 0.2) is 12.4 Å². The maximum Gasteiger partial charge on any atom is 0.330 e. The van der Waals surface area contributed by atoms with Crippen molar-refractivity contribution in [3.8, 4) is 6.07 Å². The van der Waals surface area contributed by atoms with Gasteiger partial charge in [-0.1, -0.05) is 12.1 Å². The summed E-state index contributed by atoms with van der Waals surface area (Å²) in [7, 11) is 0. The molecule has 2 saturated heterocycles. The molecule has 2 aliphatic rings. The summed E-state index contributed by atoms with van der Waals surface area (Å²) < 4.78 is 18.4. The highest BCUT2D eigenvalue weighted by atomic mass is 32.2. The number of rotatable bonds is 6. The molecule has 28 heavy (non-hydrogen) atoms. The van der Waals surface area contributed by atoms with Crippen LogP contribution in [0.25, 0.3) is 0 Å². The molecule has 9 heteroatoms. The van der Waals surface area contributed by atoms with E-state index in [9.17, 15) is 18.8 Å². The van der Waals surface area contributed by atoms with E-state index >= 15 is 0 Å². The Balaban J connectivity index is 1.75. The molecule has 0 bridgehead atoms. The van der Waals surface area contributed by atoms with Gasteiger partial charge >= 0.3 is 5.97 Å². The van der Waals surface area contributed by atoms with Crippen molar-refractivity contribution in [1.29, 1.82) is 10.7 Å². The van der Waals surface area contributed by atoms with Crippen LogP contribution < -0.4 is 0 Å². The van der Waals surface area contributed by atoms with Crippen LogP contribution in [-0.2, 0) is 24.0 Å². The lowest BCUT2D eigenvalue weighted by molar-refractivity contribution is -0.156. The zero-order valence-electron chi connectivity index (χ0n) is 15.1. The fraction of sp³-hybridized carbons (Fsp3) is 0.421. The van der Waals surface area contributed by atoms with E-state index in [0.717, 1.165) is 5.56 Å².